The fraction of sp³-hybridized carbons (Fsp3) is 0.455. The van der Waals surface area contributed by atoms with Gasteiger partial charge in [-0.25, -0.2) is 4.98 Å². The molecule has 1 amide bonds. The third kappa shape index (κ3) is 2.48. The van der Waals surface area contributed by atoms with Gasteiger partial charge in [-0.2, -0.15) is 0 Å². The van der Waals surface area contributed by atoms with E-state index in [1.807, 2.05) is 6.92 Å². The number of amides is 1. The molecule has 0 aromatic carbocycles. The first kappa shape index (κ1) is 12.5. The molecular formula is C11H14BrN3O2. The van der Waals surface area contributed by atoms with Gasteiger partial charge in [0.25, 0.3) is 0 Å². The second-order valence-electron chi connectivity index (χ2n) is 4.36. The number of halogens is 1. The highest BCUT2D eigenvalue weighted by atomic mass is 79.9. The van der Waals surface area contributed by atoms with Crippen LogP contribution in [0.1, 0.15) is 6.92 Å². The summed E-state index contributed by atoms with van der Waals surface area (Å²) in [6, 6.07) is 3.27. The fourth-order valence-corrected chi connectivity index (χ4v) is 1.88. The third-order valence-corrected chi connectivity index (χ3v) is 3.49. The number of hydrogen-bond acceptors (Lipinski definition) is 4. The van der Waals surface area contributed by atoms with Crippen molar-refractivity contribution in [2.45, 2.75) is 13.0 Å². The largest absolute Gasteiger partial charge is 0.379 e. The first-order valence-corrected chi connectivity index (χ1v) is 6.08. The van der Waals surface area contributed by atoms with Gasteiger partial charge >= 0.3 is 0 Å². The molecule has 5 nitrogen and oxygen atoms in total. The molecule has 6 heteroatoms. The van der Waals surface area contributed by atoms with Crippen LogP contribution in [0.25, 0.3) is 0 Å². The van der Waals surface area contributed by atoms with E-state index in [0.29, 0.717) is 18.9 Å². The van der Waals surface area contributed by atoms with E-state index in [1.54, 1.807) is 18.3 Å². The van der Waals surface area contributed by atoms with Crippen molar-refractivity contribution in [1.82, 2.24) is 4.98 Å². The van der Waals surface area contributed by atoms with Gasteiger partial charge in [-0.3, -0.25) is 4.79 Å². The van der Waals surface area contributed by atoms with Crippen molar-refractivity contribution in [2.75, 3.05) is 18.5 Å². The van der Waals surface area contributed by atoms with Gasteiger partial charge in [0.15, 0.2) is 0 Å². The topological polar surface area (TPSA) is 77.2 Å². The van der Waals surface area contributed by atoms with Gasteiger partial charge in [-0.05, 0) is 35.0 Å². The number of hydrogen-bond donors (Lipinski definition) is 2. The molecule has 1 saturated heterocycles. The Kier molecular flexibility index (Phi) is 3.46. The number of pyridine rings is 1. The maximum atomic E-state index is 12.1. The molecule has 2 rings (SSSR count). The molecular weight excluding hydrogens is 286 g/mol. The summed E-state index contributed by atoms with van der Waals surface area (Å²) < 4.78 is 5.97. The van der Waals surface area contributed by atoms with Crippen molar-refractivity contribution in [2.24, 2.45) is 11.1 Å². The lowest BCUT2D eigenvalue weighted by Crippen LogP contribution is -2.47. The SMILES string of the molecule is CC1(C(=O)Nc2ccc(Br)nc2)COCC1N. The summed E-state index contributed by atoms with van der Waals surface area (Å²) in [7, 11) is 0. The molecule has 1 aromatic rings. The molecule has 1 aliphatic heterocycles. The van der Waals surface area contributed by atoms with E-state index in [1.165, 1.54) is 0 Å². The van der Waals surface area contributed by atoms with Crippen LogP contribution in [0, 0.1) is 5.41 Å². The number of ether oxygens (including phenoxy) is 1. The highest BCUT2D eigenvalue weighted by Crippen LogP contribution is 2.28. The van der Waals surface area contributed by atoms with E-state index in [9.17, 15) is 4.79 Å². The van der Waals surface area contributed by atoms with Crippen LogP contribution in [0.4, 0.5) is 5.69 Å². The van der Waals surface area contributed by atoms with Crippen LogP contribution >= 0.6 is 15.9 Å². The van der Waals surface area contributed by atoms with E-state index in [2.05, 4.69) is 26.2 Å². The Morgan fingerprint density at radius 2 is 2.47 bits per heavy atom. The van der Waals surface area contributed by atoms with Crippen LogP contribution < -0.4 is 11.1 Å². The summed E-state index contributed by atoms with van der Waals surface area (Å²) in [5.74, 6) is -0.133. The quantitative estimate of drug-likeness (QED) is 0.803. The number of carbonyl (C=O) groups excluding carboxylic acids is 1. The van der Waals surface area contributed by atoms with E-state index >= 15 is 0 Å². The summed E-state index contributed by atoms with van der Waals surface area (Å²) >= 11 is 3.23. The molecule has 0 bridgehead atoms. The zero-order valence-electron chi connectivity index (χ0n) is 9.44. The number of nitrogens with two attached hydrogens (primary N) is 1. The lowest BCUT2D eigenvalue weighted by molar-refractivity contribution is -0.125. The van der Waals surface area contributed by atoms with Crippen molar-refractivity contribution in [3.8, 4) is 0 Å². The van der Waals surface area contributed by atoms with Gasteiger partial charge < -0.3 is 15.8 Å². The highest BCUT2D eigenvalue weighted by Gasteiger charge is 2.44. The van der Waals surface area contributed by atoms with E-state index in [4.69, 9.17) is 10.5 Å². The fourth-order valence-electron chi connectivity index (χ4n) is 1.65. The third-order valence-electron chi connectivity index (χ3n) is 3.02. The number of aromatic nitrogens is 1. The Morgan fingerprint density at radius 1 is 1.71 bits per heavy atom. The zero-order valence-corrected chi connectivity index (χ0v) is 11.0. The second-order valence-corrected chi connectivity index (χ2v) is 5.18. The van der Waals surface area contributed by atoms with Crippen LogP contribution in [0.2, 0.25) is 0 Å². The van der Waals surface area contributed by atoms with Crippen molar-refractivity contribution in [3.63, 3.8) is 0 Å². The lowest BCUT2D eigenvalue weighted by Gasteiger charge is -2.25. The van der Waals surface area contributed by atoms with E-state index in [-0.39, 0.29) is 11.9 Å². The molecule has 1 aliphatic rings. The van der Waals surface area contributed by atoms with Crippen LogP contribution in [0.3, 0.4) is 0 Å². The monoisotopic (exact) mass is 299 g/mol. The lowest BCUT2D eigenvalue weighted by atomic mass is 9.85. The summed E-state index contributed by atoms with van der Waals surface area (Å²) in [5, 5.41) is 2.80. The second kappa shape index (κ2) is 4.72. The first-order valence-electron chi connectivity index (χ1n) is 5.29. The van der Waals surface area contributed by atoms with Gasteiger partial charge in [-0.1, -0.05) is 0 Å². The van der Waals surface area contributed by atoms with E-state index in [0.717, 1.165) is 4.60 Å². The summed E-state index contributed by atoms with van der Waals surface area (Å²) in [4.78, 5) is 16.2. The van der Waals surface area contributed by atoms with Gasteiger partial charge in [-0.15, -0.1) is 0 Å². The molecule has 1 fully saturated rings. The Morgan fingerprint density at radius 3 is 3.00 bits per heavy atom. The molecule has 2 unspecified atom stereocenters. The van der Waals surface area contributed by atoms with Crippen LogP contribution in [-0.2, 0) is 9.53 Å². The molecule has 17 heavy (non-hydrogen) atoms. The molecule has 92 valence electrons. The molecule has 0 spiro atoms. The predicted molar refractivity (Wildman–Crippen MR) is 67.5 cm³/mol. The van der Waals surface area contributed by atoms with Crippen molar-refractivity contribution in [1.29, 1.82) is 0 Å². The molecule has 0 aliphatic carbocycles. The summed E-state index contributed by atoms with van der Waals surface area (Å²) in [6.45, 7) is 2.58. The molecule has 2 atom stereocenters. The number of rotatable bonds is 2. The van der Waals surface area contributed by atoms with Gasteiger partial charge in [0.2, 0.25) is 5.91 Å². The normalized spacial score (nSPS) is 28.1. The van der Waals surface area contributed by atoms with Crippen molar-refractivity contribution in [3.05, 3.63) is 22.9 Å². The average Bonchev–Trinajstić information content (AvgIpc) is 2.64. The Hall–Kier alpha value is -0.980. The van der Waals surface area contributed by atoms with Crippen LogP contribution in [0.15, 0.2) is 22.9 Å². The summed E-state index contributed by atoms with van der Waals surface area (Å²) in [6.07, 6.45) is 1.59. The minimum absolute atomic E-state index is 0.133. The number of nitrogens with zero attached hydrogens (tertiary/aromatic N) is 1. The molecule has 2 heterocycles. The number of carbonyl (C=O) groups is 1. The van der Waals surface area contributed by atoms with E-state index < -0.39 is 5.41 Å². The number of anilines is 1. The first-order chi connectivity index (χ1) is 8.02. The van der Waals surface area contributed by atoms with Crippen molar-refractivity contribution < 1.29 is 9.53 Å². The minimum Gasteiger partial charge on any atom is -0.379 e. The maximum absolute atomic E-state index is 12.1. The zero-order chi connectivity index (χ0) is 12.5. The molecule has 1 aromatic heterocycles. The van der Waals surface area contributed by atoms with Gasteiger partial charge in [0, 0.05) is 6.04 Å². The number of nitrogens with one attached hydrogen (secondary N) is 1. The maximum Gasteiger partial charge on any atom is 0.234 e. The standard InChI is InChI=1S/C11H14BrN3O2/c1-11(6-17-5-8(11)13)10(16)15-7-2-3-9(12)14-4-7/h2-4,8H,5-6,13H2,1H3,(H,15,16). The highest BCUT2D eigenvalue weighted by molar-refractivity contribution is 9.10. The van der Waals surface area contributed by atoms with Gasteiger partial charge in [0.1, 0.15) is 4.60 Å². The smallest absolute Gasteiger partial charge is 0.234 e. The average molecular weight is 300 g/mol. The Labute approximate surface area is 108 Å². The summed E-state index contributed by atoms with van der Waals surface area (Å²) in [5.41, 5.74) is 5.86. The van der Waals surface area contributed by atoms with Crippen molar-refractivity contribution >= 4 is 27.5 Å². The minimum atomic E-state index is -0.674. The Balaban J connectivity index is 2.09. The molecule has 3 N–H and O–H groups in total. The van der Waals surface area contributed by atoms with Gasteiger partial charge in [0.05, 0.1) is 30.5 Å². The predicted octanol–water partition coefficient (Wildman–Crippen LogP) is 1.15. The molecule has 0 saturated carbocycles. The van der Waals surface area contributed by atoms with Crippen LogP contribution in [-0.4, -0.2) is 30.1 Å². The van der Waals surface area contributed by atoms with Crippen LogP contribution in [0.5, 0.6) is 0 Å². The Bertz CT molecular complexity index is 423. The molecule has 0 radical (unpaired) electrons.